The maximum absolute atomic E-state index is 13.0. The lowest BCUT2D eigenvalue weighted by Crippen LogP contribution is -2.46. The Hall–Kier alpha value is -1.13. The van der Waals surface area contributed by atoms with E-state index in [4.69, 9.17) is 11.6 Å². The Balaban J connectivity index is 3.21. The first-order valence-electron chi connectivity index (χ1n) is 4.85. The molecular weight excluding hydrogens is 233 g/mol. The van der Waals surface area contributed by atoms with Gasteiger partial charge in [-0.3, -0.25) is 5.32 Å². The highest BCUT2D eigenvalue weighted by Crippen LogP contribution is 2.25. The van der Waals surface area contributed by atoms with Crippen molar-refractivity contribution in [2.75, 3.05) is 6.54 Å². The van der Waals surface area contributed by atoms with E-state index in [1.165, 1.54) is 19.1 Å². The molecule has 1 atom stereocenters. The van der Waals surface area contributed by atoms with Crippen LogP contribution in [0.4, 0.5) is 4.39 Å². The minimum Gasteiger partial charge on any atom is -0.480 e. The van der Waals surface area contributed by atoms with Crippen LogP contribution in [0, 0.1) is 5.82 Å². The van der Waals surface area contributed by atoms with E-state index in [9.17, 15) is 14.3 Å². The van der Waals surface area contributed by atoms with Crippen LogP contribution in [0.5, 0.6) is 0 Å². The summed E-state index contributed by atoms with van der Waals surface area (Å²) in [5.74, 6) is -1.59. The van der Waals surface area contributed by atoms with Gasteiger partial charge in [0.15, 0.2) is 0 Å². The van der Waals surface area contributed by atoms with E-state index in [0.29, 0.717) is 12.1 Å². The Morgan fingerprint density at radius 2 is 2.25 bits per heavy atom. The molecule has 1 aromatic carbocycles. The number of hydrogen-bond acceptors (Lipinski definition) is 2. The fourth-order valence-corrected chi connectivity index (χ4v) is 1.64. The van der Waals surface area contributed by atoms with Crippen molar-refractivity contribution in [3.8, 4) is 0 Å². The minimum atomic E-state index is -1.26. The van der Waals surface area contributed by atoms with Crippen LogP contribution in [-0.4, -0.2) is 17.6 Å². The molecule has 2 N–H and O–H groups in total. The number of hydrogen-bond donors (Lipinski definition) is 2. The number of benzene rings is 1. The van der Waals surface area contributed by atoms with E-state index in [0.717, 1.165) is 6.07 Å². The van der Waals surface area contributed by atoms with Crippen molar-refractivity contribution >= 4 is 17.6 Å². The molecule has 0 saturated carbocycles. The fraction of sp³-hybridized carbons (Fsp3) is 0.364. The highest BCUT2D eigenvalue weighted by molar-refractivity contribution is 6.30. The molecule has 5 heteroatoms. The Morgan fingerprint density at radius 3 is 2.69 bits per heavy atom. The van der Waals surface area contributed by atoms with E-state index < -0.39 is 17.3 Å². The Bertz CT molecular complexity index is 411. The number of aliphatic carboxylic acids is 1. The van der Waals surface area contributed by atoms with E-state index in [1.807, 2.05) is 0 Å². The number of nitrogens with one attached hydrogen (secondary N) is 1. The van der Waals surface area contributed by atoms with Gasteiger partial charge < -0.3 is 5.11 Å². The van der Waals surface area contributed by atoms with Gasteiger partial charge in [0.25, 0.3) is 0 Å². The molecule has 0 amide bonds. The summed E-state index contributed by atoms with van der Waals surface area (Å²) in [6, 6.07) is 3.90. The largest absolute Gasteiger partial charge is 0.480 e. The first-order chi connectivity index (χ1) is 7.41. The number of halogens is 2. The van der Waals surface area contributed by atoms with Crippen LogP contribution >= 0.6 is 11.6 Å². The van der Waals surface area contributed by atoms with Crippen molar-refractivity contribution < 1.29 is 14.3 Å². The normalized spacial score (nSPS) is 14.5. The van der Waals surface area contributed by atoms with Crippen LogP contribution in [0.2, 0.25) is 5.02 Å². The van der Waals surface area contributed by atoms with Gasteiger partial charge in [-0.1, -0.05) is 24.6 Å². The molecule has 88 valence electrons. The van der Waals surface area contributed by atoms with Gasteiger partial charge >= 0.3 is 5.97 Å². The second kappa shape index (κ2) is 4.80. The summed E-state index contributed by atoms with van der Waals surface area (Å²) in [4.78, 5) is 11.2. The summed E-state index contributed by atoms with van der Waals surface area (Å²) in [6.45, 7) is 3.80. The third kappa shape index (κ3) is 2.33. The number of likely N-dealkylation sites (N-methyl/N-ethyl adjacent to an activating group) is 1. The van der Waals surface area contributed by atoms with Gasteiger partial charge in [0.05, 0.1) is 5.02 Å². The monoisotopic (exact) mass is 245 g/mol. The van der Waals surface area contributed by atoms with Crippen LogP contribution < -0.4 is 5.32 Å². The molecule has 0 bridgehead atoms. The highest BCUT2D eigenvalue weighted by Gasteiger charge is 2.34. The standard InChI is InChI=1S/C11H13ClFNO2/c1-3-14-11(2,10(15)16)7-4-5-9(13)8(12)6-7/h4-6,14H,3H2,1-2H3,(H,15,16). The molecule has 0 spiro atoms. The Labute approximate surface area is 98.2 Å². The summed E-state index contributed by atoms with van der Waals surface area (Å²) in [6.07, 6.45) is 0. The summed E-state index contributed by atoms with van der Waals surface area (Å²) >= 11 is 5.63. The molecule has 1 unspecified atom stereocenters. The zero-order valence-corrected chi connectivity index (χ0v) is 9.81. The lowest BCUT2D eigenvalue weighted by molar-refractivity contribution is -0.144. The van der Waals surface area contributed by atoms with Crippen molar-refractivity contribution in [2.24, 2.45) is 0 Å². The van der Waals surface area contributed by atoms with Gasteiger partial charge in [-0.25, -0.2) is 9.18 Å². The van der Waals surface area contributed by atoms with Crippen molar-refractivity contribution in [3.05, 3.63) is 34.6 Å². The smallest absolute Gasteiger partial charge is 0.328 e. The van der Waals surface area contributed by atoms with Crippen LogP contribution in [0.15, 0.2) is 18.2 Å². The molecule has 3 nitrogen and oxygen atoms in total. The maximum Gasteiger partial charge on any atom is 0.328 e. The second-order valence-corrected chi connectivity index (χ2v) is 4.00. The van der Waals surface area contributed by atoms with Crippen molar-refractivity contribution in [1.29, 1.82) is 0 Å². The maximum atomic E-state index is 13.0. The third-order valence-electron chi connectivity index (χ3n) is 2.46. The Morgan fingerprint density at radius 1 is 1.62 bits per heavy atom. The molecule has 16 heavy (non-hydrogen) atoms. The lowest BCUT2D eigenvalue weighted by atomic mass is 9.92. The summed E-state index contributed by atoms with van der Waals surface area (Å²) < 4.78 is 13.0. The number of rotatable bonds is 4. The van der Waals surface area contributed by atoms with Gasteiger partial charge in [0.2, 0.25) is 0 Å². The molecule has 0 radical (unpaired) electrons. The summed E-state index contributed by atoms with van der Waals surface area (Å²) in [5.41, 5.74) is -0.834. The van der Waals surface area contributed by atoms with E-state index in [-0.39, 0.29) is 5.02 Å². The molecule has 0 heterocycles. The molecule has 0 aliphatic heterocycles. The van der Waals surface area contributed by atoms with Crippen molar-refractivity contribution in [3.63, 3.8) is 0 Å². The molecular formula is C11H13ClFNO2. The van der Waals surface area contributed by atoms with Gasteiger partial charge in [0, 0.05) is 0 Å². The van der Waals surface area contributed by atoms with Gasteiger partial charge in [-0.2, -0.15) is 0 Å². The summed E-state index contributed by atoms with van der Waals surface area (Å²) in [5, 5.41) is 11.9. The quantitative estimate of drug-likeness (QED) is 0.856. The topological polar surface area (TPSA) is 49.3 Å². The molecule has 1 aromatic rings. The number of carbonyl (C=O) groups is 1. The summed E-state index contributed by atoms with van der Waals surface area (Å²) in [7, 11) is 0. The number of carboxylic acids is 1. The van der Waals surface area contributed by atoms with Crippen LogP contribution in [-0.2, 0) is 10.3 Å². The minimum absolute atomic E-state index is 0.0807. The van der Waals surface area contributed by atoms with E-state index in [1.54, 1.807) is 6.92 Å². The van der Waals surface area contributed by atoms with Gasteiger partial charge in [-0.15, -0.1) is 0 Å². The lowest BCUT2D eigenvalue weighted by Gasteiger charge is -2.26. The fourth-order valence-electron chi connectivity index (χ4n) is 1.46. The van der Waals surface area contributed by atoms with Crippen LogP contribution in [0.25, 0.3) is 0 Å². The first kappa shape index (κ1) is 12.9. The molecule has 0 aliphatic rings. The Kier molecular flexibility index (Phi) is 3.88. The second-order valence-electron chi connectivity index (χ2n) is 3.59. The van der Waals surface area contributed by atoms with Crippen LogP contribution in [0.1, 0.15) is 19.4 Å². The van der Waals surface area contributed by atoms with Gasteiger partial charge in [0.1, 0.15) is 11.4 Å². The first-order valence-corrected chi connectivity index (χ1v) is 5.23. The number of carboxylic acid groups (broad SMARTS) is 1. The highest BCUT2D eigenvalue weighted by atomic mass is 35.5. The zero-order chi connectivity index (χ0) is 12.3. The predicted molar refractivity (Wildman–Crippen MR) is 60.1 cm³/mol. The molecule has 0 aromatic heterocycles. The van der Waals surface area contributed by atoms with Crippen LogP contribution in [0.3, 0.4) is 0 Å². The molecule has 1 rings (SSSR count). The van der Waals surface area contributed by atoms with E-state index in [2.05, 4.69) is 5.32 Å². The van der Waals surface area contributed by atoms with Gasteiger partial charge in [-0.05, 0) is 31.2 Å². The average Bonchev–Trinajstić information content (AvgIpc) is 2.22. The third-order valence-corrected chi connectivity index (χ3v) is 2.74. The SMILES string of the molecule is CCNC(C)(C(=O)O)c1ccc(F)c(Cl)c1. The van der Waals surface area contributed by atoms with Crippen molar-refractivity contribution in [1.82, 2.24) is 5.32 Å². The molecule has 0 saturated heterocycles. The molecule has 0 aliphatic carbocycles. The molecule has 0 fully saturated rings. The van der Waals surface area contributed by atoms with Crippen molar-refractivity contribution in [2.45, 2.75) is 19.4 Å². The zero-order valence-electron chi connectivity index (χ0n) is 9.05. The predicted octanol–water partition coefficient (Wildman–Crippen LogP) is 2.39. The average molecular weight is 246 g/mol. The van der Waals surface area contributed by atoms with E-state index >= 15 is 0 Å².